The molecule has 1 heterocycles. The van der Waals surface area contributed by atoms with E-state index < -0.39 is 10.0 Å². The zero-order valence-corrected chi connectivity index (χ0v) is 15.6. The highest BCUT2D eigenvalue weighted by molar-refractivity contribution is 7.89. The first kappa shape index (κ1) is 18.4. The Labute approximate surface area is 150 Å². The van der Waals surface area contributed by atoms with Gasteiger partial charge in [-0.2, -0.15) is 0 Å². The van der Waals surface area contributed by atoms with Gasteiger partial charge in [0.15, 0.2) is 0 Å². The normalized spacial score (nSPS) is 18.5. The Morgan fingerprint density at radius 2 is 1.64 bits per heavy atom. The van der Waals surface area contributed by atoms with Crippen molar-refractivity contribution in [3.8, 4) is 0 Å². The Morgan fingerprint density at radius 3 is 2.36 bits per heavy atom. The van der Waals surface area contributed by atoms with E-state index in [-0.39, 0.29) is 18.9 Å². The van der Waals surface area contributed by atoms with Crippen molar-refractivity contribution in [3.63, 3.8) is 0 Å². The molecule has 0 spiro atoms. The molecule has 1 aromatic rings. The molecule has 1 saturated heterocycles. The van der Waals surface area contributed by atoms with Gasteiger partial charge in [-0.1, -0.05) is 18.9 Å². The van der Waals surface area contributed by atoms with Crippen molar-refractivity contribution in [2.24, 2.45) is 0 Å². The van der Waals surface area contributed by atoms with E-state index >= 15 is 0 Å². The molecule has 5 nitrogen and oxygen atoms in total. The number of nitrogens with zero attached hydrogens (tertiary/aromatic N) is 1. The van der Waals surface area contributed by atoms with Crippen LogP contribution in [0.4, 0.5) is 0 Å². The Balaban J connectivity index is 1.55. The van der Waals surface area contributed by atoms with E-state index in [2.05, 4.69) is 4.72 Å². The minimum Gasteiger partial charge on any atom is -0.343 e. The molecule has 0 saturated carbocycles. The lowest BCUT2D eigenvalue weighted by molar-refractivity contribution is -0.130. The lowest BCUT2D eigenvalue weighted by atomic mass is 9.92. The second-order valence-corrected chi connectivity index (χ2v) is 8.85. The summed E-state index contributed by atoms with van der Waals surface area (Å²) in [5, 5.41) is 0. The van der Waals surface area contributed by atoms with Gasteiger partial charge in [-0.05, 0) is 61.8 Å². The van der Waals surface area contributed by atoms with Crippen LogP contribution in [0.15, 0.2) is 23.1 Å². The summed E-state index contributed by atoms with van der Waals surface area (Å²) in [6.07, 6.45) is 8.95. The second kappa shape index (κ2) is 8.32. The minimum absolute atomic E-state index is 0.0510. The summed E-state index contributed by atoms with van der Waals surface area (Å²) in [6, 6.07) is 5.42. The highest BCUT2D eigenvalue weighted by atomic mass is 32.2. The van der Waals surface area contributed by atoms with E-state index in [0.717, 1.165) is 50.8 Å². The van der Waals surface area contributed by atoms with Crippen LogP contribution in [0.3, 0.4) is 0 Å². The number of hydrogen-bond acceptors (Lipinski definition) is 3. The summed E-state index contributed by atoms with van der Waals surface area (Å²) in [5.41, 5.74) is 2.41. The number of carbonyl (C=O) groups excluding carboxylic acids is 1. The first-order valence-corrected chi connectivity index (χ1v) is 10.9. The van der Waals surface area contributed by atoms with Gasteiger partial charge in [0.1, 0.15) is 0 Å². The topological polar surface area (TPSA) is 66.5 Å². The molecule has 0 aromatic heterocycles. The number of hydrogen-bond donors (Lipinski definition) is 1. The molecule has 0 bridgehead atoms. The van der Waals surface area contributed by atoms with E-state index in [9.17, 15) is 13.2 Å². The molecule has 25 heavy (non-hydrogen) atoms. The van der Waals surface area contributed by atoms with Crippen LogP contribution >= 0.6 is 0 Å². The van der Waals surface area contributed by atoms with Gasteiger partial charge in [0, 0.05) is 26.1 Å². The summed E-state index contributed by atoms with van der Waals surface area (Å²) in [6.45, 7) is 1.77. The summed E-state index contributed by atoms with van der Waals surface area (Å²) < 4.78 is 27.6. The van der Waals surface area contributed by atoms with Crippen molar-refractivity contribution in [3.05, 3.63) is 29.3 Å². The first-order valence-electron chi connectivity index (χ1n) is 9.45. The first-order chi connectivity index (χ1) is 12.1. The number of benzene rings is 1. The molecular formula is C19H28N2O3S. The predicted octanol–water partition coefficient (Wildman–Crippen LogP) is 2.64. The van der Waals surface area contributed by atoms with Crippen LogP contribution in [0, 0.1) is 0 Å². The van der Waals surface area contributed by atoms with Gasteiger partial charge >= 0.3 is 0 Å². The molecular weight excluding hydrogens is 336 g/mol. The quantitative estimate of drug-likeness (QED) is 0.873. The highest BCUT2D eigenvalue weighted by Crippen LogP contribution is 2.24. The van der Waals surface area contributed by atoms with E-state index in [4.69, 9.17) is 0 Å². The molecule has 1 fully saturated rings. The number of likely N-dealkylation sites (tertiary alicyclic amines) is 1. The maximum atomic E-state index is 12.5. The third-order valence-electron chi connectivity index (χ3n) is 5.22. The molecule has 0 radical (unpaired) electrons. The van der Waals surface area contributed by atoms with Crippen LogP contribution in [0.25, 0.3) is 0 Å². The average Bonchev–Trinajstić information content (AvgIpc) is 2.90. The number of sulfonamides is 1. The fraction of sp³-hybridized carbons (Fsp3) is 0.632. The minimum atomic E-state index is -3.55. The molecule has 0 atom stereocenters. The molecule has 0 unspecified atom stereocenters. The van der Waals surface area contributed by atoms with Crippen LogP contribution < -0.4 is 4.72 Å². The fourth-order valence-corrected chi connectivity index (χ4v) is 4.81. The zero-order valence-electron chi connectivity index (χ0n) is 14.8. The van der Waals surface area contributed by atoms with Gasteiger partial charge < -0.3 is 4.90 Å². The van der Waals surface area contributed by atoms with Crippen LogP contribution in [0.5, 0.6) is 0 Å². The standard InChI is InChI=1S/C19H28N2O3S/c22-19(21-13-5-1-2-6-14-21)11-12-20-25(23,24)18-10-9-16-7-3-4-8-17(16)15-18/h9-10,15,20H,1-8,11-14H2. The van der Waals surface area contributed by atoms with Crippen LogP contribution in [-0.2, 0) is 27.7 Å². The Hall–Kier alpha value is -1.40. The molecule has 1 aromatic carbocycles. The van der Waals surface area contributed by atoms with Gasteiger partial charge in [-0.3, -0.25) is 4.79 Å². The van der Waals surface area contributed by atoms with E-state index in [1.54, 1.807) is 12.1 Å². The van der Waals surface area contributed by atoms with E-state index in [1.807, 2.05) is 11.0 Å². The van der Waals surface area contributed by atoms with Gasteiger partial charge in [0.25, 0.3) is 0 Å². The lowest BCUT2D eigenvalue weighted by Gasteiger charge is -2.20. The number of nitrogens with one attached hydrogen (secondary N) is 1. The monoisotopic (exact) mass is 364 g/mol. The average molecular weight is 365 g/mol. The smallest absolute Gasteiger partial charge is 0.240 e. The lowest BCUT2D eigenvalue weighted by Crippen LogP contribution is -2.35. The molecule has 3 rings (SSSR count). The maximum absolute atomic E-state index is 12.5. The fourth-order valence-electron chi connectivity index (χ4n) is 3.73. The van der Waals surface area contributed by atoms with Crippen molar-refractivity contribution in [2.45, 2.75) is 62.7 Å². The van der Waals surface area contributed by atoms with Crippen molar-refractivity contribution in [1.82, 2.24) is 9.62 Å². The summed E-state index contributed by atoms with van der Waals surface area (Å²) >= 11 is 0. The SMILES string of the molecule is O=C(CCNS(=O)(=O)c1ccc2c(c1)CCCC2)N1CCCCCC1. The molecule has 138 valence electrons. The van der Waals surface area contributed by atoms with Crippen LogP contribution in [0.1, 0.15) is 56.1 Å². The molecule has 1 amide bonds. The third kappa shape index (κ3) is 4.82. The number of rotatable bonds is 5. The van der Waals surface area contributed by atoms with Gasteiger partial charge in [0.2, 0.25) is 15.9 Å². The Morgan fingerprint density at radius 1 is 0.960 bits per heavy atom. The molecule has 1 N–H and O–H groups in total. The number of fused-ring (bicyclic) bond motifs is 1. The summed E-state index contributed by atoms with van der Waals surface area (Å²) in [4.78, 5) is 14.4. The molecule has 1 aliphatic carbocycles. The van der Waals surface area contributed by atoms with Crippen molar-refractivity contribution < 1.29 is 13.2 Å². The van der Waals surface area contributed by atoms with Crippen molar-refractivity contribution in [2.75, 3.05) is 19.6 Å². The number of aryl methyl sites for hydroxylation is 2. The molecule has 1 aliphatic heterocycles. The van der Waals surface area contributed by atoms with E-state index in [0.29, 0.717) is 4.90 Å². The molecule has 2 aliphatic rings. The number of amides is 1. The van der Waals surface area contributed by atoms with Crippen molar-refractivity contribution >= 4 is 15.9 Å². The predicted molar refractivity (Wildman–Crippen MR) is 97.9 cm³/mol. The van der Waals surface area contributed by atoms with Crippen molar-refractivity contribution in [1.29, 1.82) is 0 Å². The third-order valence-corrected chi connectivity index (χ3v) is 6.68. The summed E-state index contributed by atoms with van der Waals surface area (Å²) in [5.74, 6) is 0.0510. The molecule has 6 heteroatoms. The zero-order chi connectivity index (χ0) is 17.7. The maximum Gasteiger partial charge on any atom is 0.240 e. The Bertz CT molecular complexity index is 707. The van der Waals surface area contributed by atoms with Gasteiger partial charge in [-0.25, -0.2) is 13.1 Å². The highest BCUT2D eigenvalue weighted by Gasteiger charge is 2.19. The summed E-state index contributed by atoms with van der Waals surface area (Å²) in [7, 11) is -3.55. The Kier molecular flexibility index (Phi) is 6.12. The largest absolute Gasteiger partial charge is 0.343 e. The van der Waals surface area contributed by atoms with Crippen LogP contribution in [-0.4, -0.2) is 38.9 Å². The van der Waals surface area contributed by atoms with Crippen LogP contribution in [0.2, 0.25) is 0 Å². The van der Waals surface area contributed by atoms with Gasteiger partial charge in [0.05, 0.1) is 4.90 Å². The number of carbonyl (C=O) groups is 1. The second-order valence-electron chi connectivity index (χ2n) is 7.08. The van der Waals surface area contributed by atoms with E-state index in [1.165, 1.54) is 24.8 Å². The van der Waals surface area contributed by atoms with Gasteiger partial charge in [-0.15, -0.1) is 0 Å².